The SMILES string of the molecule is Cn1cc(CC(=O)N2CCCc3c(C(N)=O)cccc32)c2ccccc21. The van der Waals surface area contributed by atoms with E-state index < -0.39 is 5.91 Å². The van der Waals surface area contributed by atoms with E-state index in [0.29, 0.717) is 18.5 Å². The fourth-order valence-electron chi connectivity index (χ4n) is 3.94. The number of carbonyl (C=O) groups is 2. The average molecular weight is 347 g/mol. The van der Waals surface area contributed by atoms with Crippen LogP contribution in [0.2, 0.25) is 0 Å². The van der Waals surface area contributed by atoms with Crippen LogP contribution >= 0.6 is 0 Å². The maximum Gasteiger partial charge on any atom is 0.249 e. The van der Waals surface area contributed by atoms with Gasteiger partial charge >= 0.3 is 0 Å². The van der Waals surface area contributed by atoms with Gasteiger partial charge in [0.2, 0.25) is 11.8 Å². The van der Waals surface area contributed by atoms with Crippen molar-refractivity contribution in [2.75, 3.05) is 11.4 Å². The summed E-state index contributed by atoms with van der Waals surface area (Å²) in [4.78, 5) is 26.6. The quantitative estimate of drug-likeness (QED) is 0.791. The van der Waals surface area contributed by atoms with Crippen LogP contribution in [0.4, 0.5) is 5.69 Å². The number of amides is 2. The van der Waals surface area contributed by atoms with Crippen LogP contribution < -0.4 is 10.6 Å². The molecular weight excluding hydrogens is 326 g/mol. The van der Waals surface area contributed by atoms with Crippen molar-refractivity contribution in [1.82, 2.24) is 4.57 Å². The van der Waals surface area contributed by atoms with Crippen LogP contribution in [0.5, 0.6) is 0 Å². The van der Waals surface area contributed by atoms with Gasteiger partial charge in [0.15, 0.2) is 0 Å². The third-order valence-electron chi connectivity index (χ3n) is 5.14. The molecule has 0 unspecified atom stereocenters. The number of fused-ring (bicyclic) bond motifs is 2. The van der Waals surface area contributed by atoms with Gasteiger partial charge in [-0.25, -0.2) is 0 Å². The Bertz CT molecular complexity index is 1020. The van der Waals surface area contributed by atoms with Gasteiger partial charge < -0.3 is 15.2 Å². The largest absolute Gasteiger partial charge is 0.366 e. The number of benzene rings is 2. The molecule has 2 aromatic carbocycles. The zero-order chi connectivity index (χ0) is 18.3. The third kappa shape index (κ3) is 2.65. The molecule has 0 atom stereocenters. The van der Waals surface area contributed by atoms with E-state index >= 15 is 0 Å². The molecule has 1 aliphatic rings. The van der Waals surface area contributed by atoms with Crippen LogP contribution in [0.15, 0.2) is 48.7 Å². The highest BCUT2D eigenvalue weighted by Crippen LogP contribution is 2.31. The lowest BCUT2D eigenvalue weighted by Crippen LogP contribution is -2.37. The lowest BCUT2D eigenvalue weighted by atomic mass is 9.95. The van der Waals surface area contributed by atoms with Crippen LogP contribution in [-0.4, -0.2) is 22.9 Å². The summed E-state index contributed by atoms with van der Waals surface area (Å²) in [6, 6.07) is 13.5. The van der Waals surface area contributed by atoms with Crippen LogP contribution in [0.25, 0.3) is 10.9 Å². The molecule has 3 aromatic rings. The first-order valence-electron chi connectivity index (χ1n) is 8.81. The average Bonchev–Trinajstić information content (AvgIpc) is 2.96. The molecule has 0 fully saturated rings. The lowest BCUT2D eigenvalue weighted by molar-refractivity contribution is -0.118. The Morgan fingerprint density at radius 2 is 1.92 bits per heavy atom. The van der Waals surface area contributed by atoms with Gasteiger partial charge in [0, 0.05) is 41.9 Å². The van der Waals surface area contributed by atoms with E-state index in [0.717, 1.165) is 40.6 Å². The van der Waals surface area contributed by atoms with Gasteiger partial charge in [-0.2, -0.15) is 0 Å². The molecule has 0 bridgehead atoms. The van der Waals surface area contributed by atoms with Crippen LogP contribution in [0, 0.1) is 0 Å². The molecule has 26 heavy (non-hydrogen) atoms. The molecule has 2 heterocycles. The van der Waals surface area contributed by atoms with Crippen molar-refractivity contribution < 1.29 is 9.59 Å². The van der Waals surface area contributed by atoms with E-state index in [1.165, 1.54) is 0 Å². The van der Waals surface area contributed by atoms with Crippen LogP contribution in [-0.2, 0) is 24.7 Å². The number of anilines is 1. The number of nitrogens with two attached hydrogens (primary N) is 1. The molecule has 0 spiro atoms. The van der Waals surface area contributed by atoms with Crippen molar-refractivity contribution in [3.63, 3.8) is 0 Å². The highest BCUT2D eigenvalue weighted by Gasteiger charge is 2.26. The van der Waals surface area contributed by atoms with E-state index in [1.54, 1.807) is 17.0 Å². The highest BCUT2D eigenvalue weighted by molar-refractivity contribution is 6.01. The van der Waals surface area contributed by atoms with Gasteiger partial charge in [0.1, 0.15) is 0 Å². The third-order valence-corrected chi connectivity index (χ3v) is 5.14. The topological polar surface area (TPSA) is 68.3 Å². The fourth-order valence-corrected chi connectivity index (χ4v) is 3.94. The number of nitrogens with zero attached hydrogens (tertiary/aromatic N) is 2. The zero-order valence-corrected chi connectivity index (χ0v) is 14.7. The first kappa shape index (κ1) is 16.4. The molecule has 5 nitrogen and oxygen atoms in total. The molecule has 1 aliphatic heterocycles. The smallest absolute Gasteiger partial charge is 0.249 e. The summed E-state index contributed by atoms with van der Waals surface area (Å²) in [5, 5.41) is 1.10. The number of para-hydroxylation sites is 1. The summed E-state index contributed by atoms with van der Waals surface area (Å²) in [6.45, 7) is 0.665. The minimum Gasteiger partial charge on any atom is -0.366 e. The van der Waals surface area contributed by atoms with Gasteiger partial charge in [0.05, 0.1) is 6.42 Å². The Hall–Kier alpha value is -3.08. The Morgan fingerprint density at radius 1 is 1.12 bits per heavy atom. The predicted molar refractivity (Wildman–Crippen MR) is 102 cm³/mol. The second kappa shape index (κ2) is 6.33. The minimum absolute atomic E-state index is 0.0453. The Morgan fingerprint density at radius 3 is 2.73 bits per heavy atom. The highest BCUT2D eigenvalue weighted by atomic mass is 16.2. The first-order chi connectivity index (χ1) is 12.6. The molecule has 2 amide bonds. The molecular formula is C21H21N3O2. The van der Waals surface area contributed by atoms with Crippen molar-refractivity contribution >= 4 is 28.4 Å². The number of carbonyl (C=O) groups excluding carboxylic acids is 2. The predicted octanol–water partition coefficient (Wildman–Crippen LogP) is 2.80. The van der Waals surface area contributed by atoms with E-state index in [-0.39, 0.29) is 5.91 Å². The molecule has 132 valence electrons. The Balaban J connectivity index is 1.68. The van der Waals surface area contributed by atoms with Gasteiger partial charge in [-0.05, 0) is 42.2 Å². The zero-order valence-electron chi connectivity index (χ0n) is 14.7. The molecule has 0 saturated heterocycles. The molecule has 4 rings (SSSR count). The maximum atomic E-state index is 13.1. The van der Waals surface area contributed by atoms with E-state index in [1.807, 2.05) is 42.1 Å². The molecule has 1 aromatic heterocycles. The van der Waals surface area contributed by atoms with Gasteiger partial charge in [0.25, 0.3) is 0 Å². The summed E-state index contributed by atoms with van der Waals surface area (Å²) < 4.78 is 2.05. The van der Waals surface area contributed by atoms with E-state index in [9.17, 15) is 9.59 Å². The monoisotopic (exact) mass is 347 g/mol. The van der Waals surface area contributed by atoms with Gasteiger partial charge in [-0.1, -0.05) is 24.3 Å². The number of hydrogen-bond donors (Lipinski definition) is 1. The summed E-state index contributed by atoms with van der Waals surface area (Å²) in [7, 11) is 1.99. The van der Waals surface area contributed by atoms with Crippen molar-refractivity contribution in [2.24, 2.45) is 12.8 Å². The summed E-state index contributed by atoms with van der Waals surface area (Å²) in [6.07, 6.45) is 3.96. The minimum atomic E-state index is -0.440. The Labute approximate surface area is 152 Å². The molecule has 5 heteroatoms. The molecule has 0 saturated carbocycles. The van der Waals surface area contributed by atoms with Crippen molar-refractivity contribution in [3.05, 3.63) is 65.4 Å². The van der Waals surface area contributed by atoms with E-state index in [4.69, 9.17) is 5.73 Å². The molecule has 2 N–H and O–H groups in total. The second-order valence-electron chi connectivity index (χ2n) is 6.78. The second-order valence-corrected chi connectivity index (χ2v) is 6.78. The van der Waals surface area contributed by atoms with Crippen LogP contribution in [0.1, 0.15) is 27.9 Å². The summed E-state index contributed by atoms with van der Waals surface area (Å²) in [5.41, 5.74) is 9.86. The van der Waals surface area contributed by atoms with E-state index in [2.05, 4.69) is 6.07 Å². The van der Waals surface area contributed by atoms with Gasteiger partial charge in [-0.15, -0.1) is 0 Å². The maximum absolute atomic E-state index is 13.1. The number of aryl methyl sites for hydroxylation is 1. The fraction of sp³-hybridized carbons (Fsp3) is 0.238. The summed E-state index contributed by atoms with van der Waals surface area (Å²) >= 11 is 0. The number of hydrogen-bond acceptors (Lipinski definition) is 2. The number of primary amides is 1. The molecule has 0 radical (unpaired) electrons. The van der Waals surface area contributed by atoms with Crippen molar-refractivity contribution in [2.45, 2.75) is 19.3 Å². The van der Waals surface area contributed by atoms with Crippen molar-refractivity contribution in [3.8, 4) is 0 Å². The number of rotatable bonds is 3. The lowest BCUT2D eigenvalue weighted by Gasteiger charge is -2.30. The van der Waals surface area contributed by atoms with Crippen molar-refractivity contribution in [1.29, 1.82) is 0 Å². The Kier molecular flexibility index (Phi) is 3.99. The van der Waals surface area contributed by atoms with Gasteiger partial charge in [-0.3, -0.25) is 9.59 Å². The number of aromatic nitrogens is 1. The first-order valence-corrected chi connectivity index (χ1v) is 8.81. The van der Waals surface area contributed by atoms with Crippen LogP contribution in [0.3, 0.4) is 0 Å². The standard InChI is InChI=1S/C21H21N3O2/c1-23-13-14(15-6-2-3-9-18(15)23)12-20(25)24-11-5-8-16-17(21(22)26)7-4-10-19(16)24/h2-4,6-7,9-10,13H,5,8,11-12H2,1H3,(H2,22,26). The normalized spacial score (nSPS) is 13.7. The summed E-state index contributed by atoms with van der Waals surface area (Å²) in [5.74, 6) is -0.394. The molecule has 0 aliphatic carbocycles.